The van der Waals surface area contributed by atoms with Gasteiger partial charge in [0.2, 0.25) is 0 Å². The molecule has 0 N–H and O–H groups in total. The molecule has 0 heterocycles. The molecule has 0 radical (unpaired) electrons. The number of carbonyl (C=O) groups is 1. The van der Waals surface area contributed by atoms with Crippen molar-refractivity contribution in [2.75, 3.05) is 7.11 Å². The number of nitrogens with zero attached hydrogens (tertiary/aromatic N) is 1. The van der Waals surface area contributed by atoms with Crippen LogP contribution in [-0.4, -0.2) is 18.0 Å². The lowest BCUT2D eigenvalue weighted by Gasteiger charge is -2.00. The molecule has 0 bridgehead atoms. The molecular weight excluding hydrogens is 210 g/mol. The van der Waals surface area contributed by atoms with E-state index < -0.39 is 10.9 Å². The monoisotopic (exact) mass is 221 g/mol. The molecular formula is C11H11NO4. The van der Waals surface area contributed by atoms with Crippen LogP contribution in [0.3, 0.4) is 0 Å². The highest BCUT2D eigenvalue weighted by Gasteiger charge is 2.07. The van der Waals surface area contributed by atoms with E-state index in [1.165, 1.54) is 25.3 Å². The normalized spacial score (nSPS) is 11.0. The molecule has 0 atom stereocenters. The summed E-state index contributed by atoms with van der Waals surface area (Å²) in [5, 5.41) is 10.5. The van der Waals surface area contributed by atoms with E-state index in [9.17, 15) is 14.9 Å². The molecule has 0 aliphatic rings. The average molecular weight is 221 g/mol. The molecule has 16 heavy (non-hydrogen) atoms. The number of allylic oxidation sites excluding steroid dienone is 1. The fraction of sp³-hybridized carbons (Fsp3) is 0.182. The minimum Gasteiger partial charge on any atom is -0.466 e. The second kappa shape index (κ2) is 5.06. The highest BCUT2D eigenvalue weighted by Crippen LogP contribution is 2.19. The first-order chi connectivity index (χ1) is 7.54. The summed E-state index contributed by atoms with van der Waals surface area (Å²) in [6.07, 6.45) is 1.29. The van der Waals surface area contributed by atoms with Crippen LogP contribution in [0.1, 0.15) is 12.5 Å². The molecule has 1 aromatic rings. The smallest absolute Gasteiger partial charge is 0.330 e. The van der Waals surface area contributed by atoms with Crippen LogP contribution in [-0.2, 0) is 9.53 Å². The molecule has 0 aliphatic heterocycles. The molecule has 0 aliphatic carbocycles. The Morgan fingerprint density at radius 2 is 2.19 bits per heavy atom. The van der Waals surface area contributed by atoms with Crippen molar-refractivity contribution in [1.82, 2.24) is 0 Å². The number of ether oxygens (including phenoxy) is 1. The van der Waals surface area contributed by atoms with Gasteiger partial charge in [0.05, 0.1) is 12.0 Å². The van der Waals surface area contributed by atoms with Crippen molar-refractivity contribution in [3.8, 4) is 0 Å². The van der Waals surface area contributed by atoms with Crippen molar-refractivity contribution in [2.24, 2.45) is 0 Å². The maximum absolute atomic E-state index is 11.0. The molecule has 0 saturated carbocycles. The second-order valence-corrected chi connectivity index (χ2v) is 3.16. The van der Waals surface area contributed by atoms with Gasteiger partial charge in [-0.05, 0) is 18.1 Å². The summed E-state index contributed by atoms with van der Waals surface area (Å²) in [4.78, 5) is 21.1. The Kier molecular flexibility index (Phi) is 3.77. The second-order valence-electron chi connectivity index (χ2n) is 3.16. The van der Waals surface area contributed by atoms with E-state index in [1.54, 1.807) is 19.1 Å². The van der Waals surface area contributed by atoms with Gasteiger partial charge in [-0.3, -0.25) is 10.1 Å². The maximum atomic E-state index is 11.0. The highest BCUT2D eigenvalue weighted by molar-refractivity contribution is 5.90. The largest absolute Gasteiger partial charge is 0.466 e. The first-order valence-electron chi connectivity index (χ1n) is 4.55. The molecule has 0 spiro atoms. The van der Waals surface area contributed by atoms with Crippen molar-refractivity contribution < 1.29 is 14.5 Å². The fourth-order valence-corrected chi connectivity index (χ4v) is 1.18. The zero-order valence-corrected chi connectivity index (χ0v) is 8.97. The fourth-order valence-electron chi connectivity index (χ4n) is 1.18. The first-order valence-corrected chi connectivity index (χ1v) is 4.55. The summed E-state index contributed by atoms with van der Waals surface area (Å²) < 4.78 is 4.47. The number of esters is 1. The van der Waals surface area contributed by atoms with E-state index in [2.05, 4.69) is 4.74 Å². The summed E-state index contributed by atoms with van der Waals surface area (Å²) in [6.45, 7) is 1.69. The van der Waals surface area contributed by atoms with Gasteiger partial charge < -0.3 is 4.74 Å². The number of carbonyl (C=O) groups excluding carboxylic acids is 1. The number of hydrogen-bond acceptors (Lipinski definition) is 4. The number of non-ortho nitro benzene ring substituents is 1. The van der Waals surface area contributed by atoms with Gasteiger partial charge in [0, 0.05) is 18.2 Å². The Labute approximate surface area is 92.5 Å². The summed E-state index contributed by atoms with van der Waals surface area (Å²) in [5.74, 6) is -0.482. The van der Waals surface area contributed by atoms with Crippen LogP contribution < -0.4 is 0 Å². The molecule has 1 rings (SSSR count). The highest BCUT2D eigenvalue weighted by atomic mass is 16.6. The van der Waals surface area contributed by atoms with Crippen LogP contribution in [0.25, 0.3) is 5.57 Å². The summed E-state index contributed by atoms with van der Waals surface area (Å²) in [7, 11) is 1.28. The predicted molar refractivity (Wildman–Crippen MR) is 58.8 cm³/mol. The summed E-state index contributed by atoms with van der Waals surface area (Å²) >= 11 is 0. The van der Waals surface area contributed by atoms with Gasteiger partial charge in [0.1, 0.15) is 0 Å². The van der Waals surface area contributed by atoms with Gasteiger partial charge in [-0.1, -0.05) is 12.1 Å². The van der Waals surface area contributed by atoms with Crippen molar-refractivity contribution in [2.45, 2.75) is 6.92 Å². The third-order valence-electron chi connectivity index (χ3n) is 2.05. The number of methoxy groups -OCH3 is 1. The zero-order valence-electron chi connectivity index (χ0n) is 8.97. The Hall–Kier alpha value is -2.17. The Balaban J connectivity index is 3.05. The number of nitro benzene ring substituents is 1. The summed E-state index contributed by atoms with van der Waals surface area (Å²) in [5.41, 5.74) is 1.24. The molecule has 0 aromatic heterocycles. The molecule has 1 aromatic carbocycles. The van der Waals surface area contributed by atoms with Crippen LogP contribution in [0.5, 0.6) is 0 Å². The van der Waals surface area contributed by atoms with Crippen LogP contribution in [0.15, 0.2) is 30.3 Å². The summed E-state index contributed by atoms with van der Waals surface area (Å²) in [6, 6.07) is 6.08. The standard InChI is InChI=1S/C11H11NO4/c1-8(6-11(13)16-2)9-4-3-5-10(7-9)12(14)15/h3-7H,1-2H3. The van der Waals surface area contributed by atoms with Crippen molar-refractivity contribution in [3.05, 3.63) is 46.0 Å². The third-order valence-corrected chi connectivity index (χ3v) is 2.05. The lowest BCUT2D eigenvalue weighted by molar-refractivity contribution is -0.384. The molecule has 84 valence electrons. The predicted octanol–water partition coefficient (Wildman–Crippen LogP) is 2.17. The Morgan fingerprint density at radius 3 is 2.75 bits per heavy atom. The number of hydrogen-bond donors (Lipinski definition) is 0. The first kappa shape index (κ1) is 11.9. The lowest BCUT2D eigenvalue weighted by atomic mass is 10.1. The van der Waals surface area contributed by atoms with Crippen molar-refractivity contribution >= 4 is 17.2 Å². The quantitative estimate of drug-likeness (QED) is 0.339. The van der Waals surface area contributed by atoms with Gasteiger partial charge in [0.25, 0.3) is 5.69 Å². The van der Waals surface area contributed by atoms with E-state index >= 15 is 0 Å². The Morgan fingerprint density at radius 1 is 1.50 bits per heavy atom. The zero-order chi connectivity index (χ0) is 12.1. The van der Waals surface area contributed by atoms with Crippen LogP contribution in [0, 0.1) is 10.1 Å². The minimum atomic E-state index is -0.482. The molecule has 0 unspecified atom stereocenters. The van der Waals surface area contributed by atoms with Gasteiger partial charge in [0.15, 0.2) is 0 Å². The van der Waals surface area contributed by atoms with E-state index in [0.717, 1.165) is 0 Å². The Bertz CT molecular complexity index is 451. The molecule has 5 nitrogen and oxygen atoms in total. The van der Waals surface area contributed by atoms with Gasteiger partial charge in [-0.15, -0.1) is 0 Å². The van der Waals surface area contributed by atoms with Crippen LogP contribution in [0.4, 0.5) is 5.69 Å². The van der Waals surface area contributed by atoms with Crippen LogP contribution in [0.2, 0.25) is 0 Å². The molecule has 0 amide bonds. The maximum Gasteiger partial charge on any atom is 0.330 e. The third kappa shape index (κ3) is 2.91. The molecule has 0 saturated heterocycles. The van der Waals surface area contributed by atoms with Gasteiger partial charge >= 0.3 is 5.97 Å². The SMILES string of the molecule is COC(=O)C=C(C)c1cccc([N+](=O)[O-])c1. The van der Waals surface area contributed by atoms with Crippen LogP contribution >= 0.6 is 0 Å². The molecule has 0 fully saturated rings. The van der Waals surface area contributed by atoms with Crippen molar-refractivity contribution in [1.29, 1.82) is 0 Å². The van der Waals surface area contributed by atoms with E-state index in [1.807, 2.05) is 0 Å². The van der Waals surface area contributed by atoms with E-state index in [0.29, 0.717) is 11.1 Å². The lowest BCUT2D eigenvalue weighted by Crippen LogP contribution is -1.96. The van der Waals surface area contributed by atoms with Gasteiger partial charge in [-0.25, -0.2) is 4.79 Å². The minimum absolute atomic E-state index is 0.00452. The average Bonchev–Trinajstić information content (AvgIpc) is 2.28. The number of rotatable bonds is 3. The number of nitro groups is 1. The topological polar surface area (TPSA) is 69.4 Å². The number of benzene rings is 1. The molecule has 5 heteroatoms. The van der Waals surface area contributed by atoms with E-state index in [4.69, 9.17) is 0 Å². The van der Waals surface area contributed by atoms with E-state index in [-0.39, 0.29) is 5.69 Å². The van der Waals surface area contributed by atoms with Crippen molar-refractivity contribution in [3.63, 3.8) is 0 Å². The van der Waals surface area contributed by atoms with Gasteiger partial charge in [-0.2, -0.15) is 0 Å².